The Morgan fingerprint density at radius 1 is 1.11 bits per heavy atom. The van der Waals surface area contributed by atoms with Crippen LogP contribution in [-0.2, 0) is 9.05 Å². The minimum atomic E-state index is -3.35. The second-order valence-electron chi connectivity index (χ2n) is 4.14. The van der Waals surface area contributed by atoms with E-state index in [0.717, 1.165) is 25.0 Å². The molecule has 0 aliphatic heterocycles. The Morgan fingerprint density at radius 2 is 1.74 bits per heavy atom. The summed E-state index contributed by atoms with van der Waals surface area (Å²) in [5.41, 5.74) is 0.606. The van der Waals surface area contributed by atoms with Crippen LogP contribution in [-0.4, -0.2) is 20.8 Å². The second kappa shape index (κ2) is 8.03. The van der Waals surface area contributed by atoms with E-state index in [2.05, 4.69) is 0 Å². The summed E-state index contributed by atoms with van der Waals surface area (Å²) in [7, 11) is 1.75. The lowest BCUT2D eigenvalue weighted by Crippen LogP contribution is -1.99. The van der Waals surface area contributed by atoms with E-state index in [1.54, 1.807) is 24.3 Å². The monoisotopic (exact) mass is 301 g/mol. The average Bonchev–Trinajstić information content (AvgIpc) is 2.37. The molecule has 0 atom stereocenters. The van der Waals surface area contributed by atoms with Crippen molar-refractivity contribution in [3.8, 4) is 11.8 Å². The molecule has 1 aromatic rings. The fourth-order valence-electron chi connectivity index (χ4n) is 1.55. The average molecular weight is 302 g/mol. The molecule has 104 valence electrons. The molecule has 4 nitrogen and oxygen atoms in total. The van der Waals surface area contributed by atoms with Crippen molar-refractivity contribution in [3.05, 3.63) is 29.8 Å². The number of ether oxygens (including phenoxy) is 1. The molecule has 0 aromatic heterocycles. The van der Waals surface area contributed by atoms with Crippen molar-refractivity contribution >= 4 is 19.7 Å². The van der Waals surface area contributed by atoms with E-state index in [4.69, 9.17) is 20.7 Å². The summed E-state index contributed by atoms with van der Waals surface area (Å²) in [6.07, 6.45) is 3.18. The third-order valence-electron chi connectivity index (χ3n) is 2.53. The molecule has 0 radical (unpaired) electrons. The van der Waals surface area contributed by atoms with Crippen LogP contribution in [0.3, 0.4) is 0 Å². The number of unbranched alkanes of at least 4 members (excludes halogenated alkanes) is 3. The maximum absolute atomic E-state index is 10.7. The van der Waals surface area contributed by atoms with Crippen LogP contribution in [0.1, 0.15) is 31.2 Å². The topological polar surface area (TPSA) is 67.2 Å². The van der Waals surface area contributed by atoms with Gasteiger partial charge in [-0.15, -0.1) is 0 Å². The number of hydrogen-bond donors (Lipinski definition) is 0. The van der Waals surface area contributed by atoms with Gasteiger partial charge in [-0.2, -0.15) is 5.26 Å². The highest BCUT2D eigenvalue weighted by Crippen LogP contribution is 2.12. The van der Waals surface area contributed by atoms with Gasteiger partial charge in [-0.3, -0.25) is 0 Å². The van der Waals surface area contributed by atoms with E-state index in [1.807, 2.05) is 6.07 Å². The van der Waals surface area contributed by atoms with Gasteiger partial charge in [0.1, 0.15) is 5.75 Å². The van der Waals surface area contributed by atoms with E-state index in [1.165, 1.54) is 0 Å². The summed E-state index contributed by atoms with van der Waals surface area (Å²) < 4.78 is 26.8. The van der Waals surface area contributed by atoms with Crippen molar-refractivity contribution < 1.29 is 13.2 Å². The van der Waals surface area contributed by atoms with Crippen molar-refractivity contribution in [1.29, 1.82) is 5.26 Å². The zero-order chi connectivity index (χ0) is 14.1. The first kappa shape index (κ1) is 15.8. The highest BCUT2D eigenvalue weighted by atomic mass is 35.7. The van der Waals surface area contributed by atoms with Crippen LogP contribution in [0.5, 0.6) is 5.75 Å². The molecule has 19 heavy (non-hydrogen) atoms. The molecule has 0 saturated carbocycles. The van der Waals surface area contributed by atoms with Crippen LogP contribution in [0.15, 0.2) is 24.3 Å². The minimum absolute atomic E-state index is 0.0328. The number of nitrogens with zero attached hydrogens (tertiary/aromatic N) is 1. The van der Waals surface area contributed by atoms with E-state index in [9.17, 15) is 8.42 Å². The third kappa shape index (κ3) is 7.70. The van der Waals surface area contributed by atoms with Gasteiger partial charge in [-0.1, -0.05) is 12.8 Å². The molecule has 0 N–H and O–H groups in total. The van der Waals surface area contributed by atoms with Gasteiger partial charge in [0.25, 0.3) is 0 Å². The molecular weight excluding hydrogens is 286 g/mol. The first-order valence-electron chi connectivity index (χ1n) is 6.06. The van der Waals surface area contributed by atoms with Crippen LogP contribution in [0.4, 0.5) is 0 Å². The van der Waals surface area contributed by atoms with Gasteiger partial charge in [0.2, 0.25) is 9.05 Å². The predicted octanol–water partition coefficient (Wildman–Crippen LogP) is 3.07. The molecule has 0 bridgehead atoms. The standard InChI is InChI=1S/C13H16ClNO3S/c14-19(16,17)10-4-2-1-3-9-18-13-7-5-12(11-15)6-8-13/h5-8H,1-4,9-10H2. The smallest absolute Gasteiger partial charge is 0.232 e. The Morgan fingerprint density at radius 3 is 2.32 bits per heavy atom. The summed E-state index contributed by atoms with van der Waals surface area (Å²) >= 11 is 0. The summed E-state index contributed by atoms with van der Waals surface area (Å²) in [5.74, 6) is 0.771. The maximum Gasteiger partial charge on any atom is 0.232 e. The predicted molar refractivity (Wildman–Crippen MR) is 74.8 cm³/mol. The zero-order valence-electron chi connectivity index (χ0n) is 10.5. The van der Waals surface area contributed by atoms with Gasteiger partial charge in [-0.25, -0.2) is 8.42 Å². The lowest BCUT2D eigenvalue weighted by atomic mass is 10.2. The summed E-state index contributed by atoms with van der Waals surface area (Å²) in [6.45, 7) is 0.583. The second-order valence-corrected chi connectivity index (χ2v) is 7.04. The van der Waals surface area contributed by atoms with Gasteiger partial charge in [0.05, 0.1) is 24.0 Å². The number of halogens is 1. The molecule has 0 amide bonds. The Hall–Kier alpha value is -1.25. The van der Waals surface area contributed by atoms with E-state index in [-0.39, 0.29) is 5.75 Å². The van der Waals surface area contributed by atoms with Gasteiger partial charge >= 0.3 is 0 Å². The van der Waals surface area contributed by atoms with Crippen molar-refractivity contribution in [2.45, 2.75) is 25.7 Å². The van der Waals surface area contributed by atoms with Crippen LogP contribution in [0, 0.1) is 11.3 Å². The molecule has 6 heteroatoms. The van der Waals surface area contributed by atoms with E-state index in [0.29, 0.717) is 18.6 Å². The van der Waals surface area contributed by atoms with Gasteiger partial charge in [0, 0.05) is 10.7 Å². The van der Waals surface area contributed by atoms with Crippen LogP contribution >= 0.6 is 10.7 Å². The van der Waals surface area contributed by atoms with Crippen LogP contribution in [0.2, 0.25) is 0 Å². The molecule has 0 spiro atoms. The number of nitriles is 1. The first-order chi connectivity index (χ1) is 9.01. The molecular formula is C13H16ClNO3S. The quantitative estimate of drug-likeness (QED) is 0.546. The van der Waals surface area contributed by atoms with E-state index < -0.39 is 9.05 Å². The summed E-state index contributed by atoms with van der Waals surface area (Å²) in [4.78, 5) is 0. The third-order valence-corrected chi connectivity index (χ3v) is 3.77. The zero-order valence-corrected chi connectivity index (χ0v) is 12.1. The maximum atomic E-state index is 10.7. The van der Waals surface area contributed by atoms with Gasteiger partial charge in [-0.05, 0) is 37.1 Å². The van der Waals surface area contributed by atoms with Crippen LogP contribution in [0.25, 0.3) is 0 Å². The molecule has 0 saturated heterocycles. The Balaban J connectivity index is 2.09. The van der Waals surface area contributed by atoms with Gasteiger partial charge < -0.3 is 4.74 Å². The largest absolute Gasteiger partial charge is 0.494 e. The fraction of sp³-hybridized carbons (Fsp3) is 0.462. The Bertz CT molecular complexity index is 520. The molecule has 1 aromatic carbocycles. The molecule has 1 rings (SSSR count). The van der Waals surface area contributed by atoms with Crippen molar-refractivity contribution in [2.75, 3.05) is 12.4 Å². The van der Waals surface area contributed by atoms with Crippen molar-refractivity contribution in [2.24, 2.45) is 0 Å². The summed E-state index contributed by atoms with van der Waals surface area (Å²) in [6, 6.07) is 8.98. The molecule has 0 aliphatic rings. The first-order valence-corrected chi connectivity index (χ1v) is 8.54. The highest BCUT2D eigenvalue weighted by molar-refractivity contribution is 8.13. The number of rotatable bonds is 8. The number of benzene rings is 1. The normalized spacial score (nSPS) is 10.9. The fourth-order valence-corrected chi connectivity index (χ4v) is 2.42. The van der Waals surface area contributed by atoms with E-state index >= 15 is 0 Å². The number of hydrogen-bond acceptors (Lipinski definition) is 4. The lowest BCUT2D eigenvalue weighted by molar-refractivity contribution is 0.305. The minimum Gasteiger partial charge on any atom is -0.494 e. The SMILES string of the molecule is N#Cc1ccc(OCCCCCCS(=O)(=O)Cl)cc1. The summed E-state index contributed by atoms with van der Waals surface area (Å²) in [5, 5.41) is 8.64. The van der Waals surface area contributed by atoms with Gasteiger partial charge in [0.15, 0.2) is 0 Å². The van der Waals surface area contributed by atoms with Crippen LogP contribution < -0.4 is 4.74 Å². The highest BCUT2D eigenvalue weighted by Gasteiger charge is 2.03. The molecule has 0 fully saturated rings. The molecule has 0 heterocycles. The van der Waals surface area contributed by atoms with Crippen molar-refractivity contribution in [1.82, 2.24) is 0 Å². The Labute approximate surface area is 118 Å². The molecule has 0 aliphatic carbocycles. The Kier molecular flexibility index (Phi) is 6.68. The molecule has 0 unspecified atom stereocenters. The lowest BCUT2D eigenvalue weighted by Gasteiger charge is -2.05. The van der Waals surface area contributed by atoms with Crippen molar-refractivity contribution in [3.63, 3.8) is 0 Å².